The molecule has 0 aliphatic heterocycles. The van der Waals surface area contributed by atoms with E-state index in [9.17, 15) is 0 Å². The monoisotopic (exact) mass is 183 g/mol. The Morgan fingerprint density at radius 2 is 0.417 bits per heavy atom. The zero-order chi connectivity index (χ0) is 10.0. The first kappa shape index (κ1) is 58.4. The number of rotatable bonds is 0. The molecule has 0 atom stereocenters. The highest BCUT2D eigenvalue weighted by Gasteiger charge is 0.938. The summed E-state index contributed by atoms with van der Waals surface area (Å²) in [4.78, 5) is 0. The van der Waals surface area contributed by atoms with Gasteiger partial charge in [-0.25, -0.2) is 0 Å². The van der Waals surface area contributed by atoms with E-state index in [1.165, 1.54) is 7.05 Å². The van der Waals surface area contributed by atoms with Crippen LogP contribution in [0, 0.1) is 0 Å². The van der Waals surface area contributed by atoms with Crippen LogP contribution in [-0.4, -0.2) is 7.05 Å². The van der Waals surface area contributed by atoms with E-state index in [2.05, 4.69) is 5.73 Å². The summed E-state index contributed by atoms with van der Waals surface area (Å²) in [5, 5.41) is 0. The minimum absolute atomic E-state index is 0. The van der Waals surface area contributed by atoms with Gasteiger partial charge in [0.2, 0.25) is 0 Å². The average Bonchev–Trinajstić information content (AvgIpc) is 2.20. The van der Waals surface area contributed by atoms with Gasteiger partial charge in [-0.3, -0.25) is 0 Å². The van der Waals surface area contributed by atoms with E-state index in [0.717, 1.165) is 0 Å². The van der Waals surface area contributed by atoms with Gasteiger partial charge in [0.05, 0.1) is 0 Å². The Balaban J connectivity index is -0.00000000500. The highest BCUT2D eigenvalue weighted by molar-refractivity contribution is 3.54. The van der Waals surface area contributed by atoms with Crippen molar-refractivity contribution < 1.29 is 0 Å². The number of nitrogens with two attached hydrogens (primary N) is 1. The third-order valence-electron chi connectivity index (χ3n) is 0. The summed E-state index contributed by atoms with van der Waals surface area (Å²) in [5.74, 6) is 0. The quantitative estimate of drug-likeness (QED) is 0.565. The van der Waals surface area contributed by atoms with E-state index in [4.69, 9.17) is 0 Å². The fourth-order valence-electron chi connectivity index (χ4n) is 0. The van der Waals surface area contributed by atoms with Crippen LogP contribution >= 0.6 is 0 Å². The standard InChI is InChI=1S/4C2H6.CH5N.2CH4/c5*1-2;;/h4*1-2H3;2H2,1H3;2*1H4. The third kappa shape index (κ3) is 500000. The van der Waals surface area contributed by atoms with Crippen LogP contribution < -0.4 is 5.73 Å². The summed E-state index contributed by atoms with van der Waals surface area (Å²) in [5.41, 5.74) is 4.50. The van der Waals surface area contributed by atoms with Gasteiger partial charge in [-0.1, -0.05) is 70.2 Å². The molecule has 0 aromatic heterocycles. The second-order valence-electron chi connectivity index (χ2n) is 0. The Morgan fingerprint density at radius 3 is 0.417 bits per heavy atom. The van der Waals surface area contributed by atoms with Gasteiger partial charge in [0, 0.05) is 0 Å². The van der Waals surface area contributed by atoms with Crippen molar-refractivity contribution in [3.05, 3.63) is 0 Å². The van der Waals surface area contributed by atoms with Crippen LogP contribution in [0.15, 0.2) is 0 Å². The molecular formula is C11H37N. The van der Waals surface area contributed by atoms with Crippen molar-refractivity contribution in [1.29, 1.82) is 0 Å². The first-order chi connectivity index (χ1) is 5.00. The maximum atomic E-state index is 4.50. The molecule has 2 N–H and O–H groups in total. The maximum absolute atomic E-state index is 4.50. The minimum atomic E-state index is 0. The number of hydrogen-bond acceptors (Lipinski definition) is 1. The van der Waals surface area contributed by atoms with Crippen molar-refractivity contribution >= 4 is 0 Å². The summed E-state index contributed by atoms with van der Waals surface area (Å²) in [6.45, 7) is 16.0. The second-order valence-corrected chi connectivity index (χ2v) is 0. The summed E-state index contributed by atoms with van der Waals surface area (Å²) >= 11 is 0. The topological polar surface area (TPSA) is 26.0 Å². The Hall–Kier alpha value is -0.0400. The largest absolute Gasteiger partial charge is 0.333 e. The van der Waals surface area contributed by atoms with Gasteiger partial charge in [-0.15, -0.1) is 0 Å². The Kier molecular flexibility index (Phi) is 3310000. The number of hydrogen-bond donors (Lipinski definition) is 1. The average molecular weight is 183 g/mol. The Morgan fingerprint density at radius 1 is 0.417 bits per heavy atom. The van der Waals surface area contributed by atoms with Gasteiger partial charge in [0.25, 0.3) is 0 Å². The van der Waals surface area contributed by atoms with E-state index >= 15 is 0 Å². The lowest BCUT2D eigenvalue weighted by atomic mass is 11.0. The molecule has 0 aliphatic carbocycles. The zero-order valence-electron chi connectivity index (χ0n) is 9.58. The molecule has 0 aromatic rings. The lowest BCUT2D eigenvalue weighted by Crippen LogP contribution is -1.69. The molecule has 0 aromatic carbocycles. The van der Waals surface area contributed by atoms with Gasteiger partial charge < -0.3 is 5.73 Å². The van der Waals surface area contributed by atoms with Crippen LogP contribution in [0.5, 0.6) is 0 Å². The van der Waals surface area contributed by atoms with Gasteiger partial charge >= 0.3 is 0 Å². The predicted octanol–water partition coefficient (Wildman–Crippen LogP) is 4.95. The van der Waals surface area contributed by atoms with E-state index in [-0.39, 0.29) is 14.9 Å². The molecule has 0 heterocycles. The maximum Gasteiger partial charge on any atom is -0.0195 e. The summed E-state index contributed by atoms with van der Waals surface area (Å²) < 4.78 is 0. The molecule has 0 saturated heterocycles. The lowest BCUT2D eigenvalue weighted by molar-refractivity contribution is 1.48. The van der Waals surface area contributed by atoms with Gasteiger partial charge in [-0.05, 0) is 7.05 Å². The third-order valence-corrected chi connectivity index (χ3v) is 0. The molecule has 0 rings (SSSR count). The fourth-order valence-corrected chi connectivity index (χ4v) is 0. The van der Waals surface area contributed by atoms with Crippen molar-refractivity contribution in [2.24, 2.45) is 5.73 Å². The molecule has 1 heteroatoms. The molecule has 12 heavy (non-hydrogen) atoms. The minimum Gasteiger partial charge on any atom is -0.333 e. The molecule has 0 saturated carbocycles. The molecule has 0 radical (unpaired) electrons. The van der Waals surface area contributed by atoms with Crippen LogP contribution in [0.1, 0.15) is 70.2 Å². The predicted molar refractivity (Wildman–Crippen MR) is 69.0 cm³/mol. The van der Waals surface area contributed by atoms with E-state index in [1.807, 2.05) is 55.4 Å². The van der Waals surface area contributed by atoms with E-state index in [0.29, 0.717) is 0 Å². The van der Waals surface area contributed by atoms with Crippen LogP contribution in [0.25, 0.3) is 0 Å². The molecule has 86 valence electrons. The normalized spacial score (nSPS) is 2.50. The molecular weight excluding hydrogens is 146 g/mol. The smallest absolute Gasteiger partial charge is 0.0195 e. The van der Waals surface area contributed by atoms with Gasteiger partial charge in [0.1, 0.15) is 0 Å². The van der Waals surface area contributed by atoms with Crippen molar-refractivity contribution in [2.45, 2.75) is 70.2 Å². The molecule has 0 fully saturated rings. The second kappa shape index (κ2) is 680000. The Bertz CT molecular complexity index is 4.97. The Labute approximate surface area is 83.8 Å². The summed E-state index contributed by atoms with van der Waals surface area (Å²) in [7, 11) is 1.50. The first-order valence-corrected chi connectivity index (χ1v) is 4.58. The SMILES string of the molecule is C.C.CC.CC.CC.CC.CN. The summed E-state index contributed by atoms with van der Waals surface area (Å²) in [6.07, 6.45) is 0. The van der Waals surface area contributed by atoms with Crippen molar-refractivity contribution in [3.8, 4) is 0 Å². The molecule has 0 bridgehead atoms. The van der Waals surface area contributed by atoms with Crippen LogP contribution in [0.2, 0.25) is 0 Å². The molecule has 0 unspecified atom stereocenters. The molecule has 0 spiro atoms. The van der Waals surface area contributed by atoms with Crippen LogP contribution in [0.4, 0.5) is 0 Å². The van der Waals surface area contributed by atoms with Gasteiger partial charge in [-0.2, -0.15) is 0 Å². The fraction of sp³-hybridized carbons (Fsp3) is 1.00. The highest BCUT2D eigenvalue weighted by atomic mass is 14.4. The first-order valence-electron chi connectivity index (χ1n) is 4.58. The van der Waals surface area contributed by atoms with Crippen molar-refractivity contribution in [1.82, 2.24) is 0 Å². The summed E-state index contributed by atoms with van der Waals surface area (Å²) in [6, 6.07) is 0. The van der Waals surface area contributed by atoms with E-state index < -0.39 is 0 Å². The molecule has 1 nitrogen and oxygen atoms in total. The lowest BCUT2D eigenvalue weighted by Gasteiger charge is -1.19. The van der Waals surface area contributed by atoms with Crippen LogP contribution in [-0.2, 0) is 0 Å². The van der Waals surface area contributed by atoms with Crippen LogP contribution in [0.3, 0.4) is 0 Å². The van der Waals surface area contributed by atoms with Gasteiger partial charge in [0.15, 0.2) is 0 Å². The highest BCUT2D eigenvalue weighted by Crippen LogP contribution is 1.15. The van der Waals surface area contributed by atoms with E-state index in [1.54, 1.807) is 0 Å². The van der Waals surface area contributed by atoms with Crippen molar-refractivity contribution in [3.63, 3.8) is 0 Å². The van der Waals surface area contributed by atoms with Crippen molar-refractivity contribution in [2.75, 3.05) is 7.05 Å². The zero-order valence-corrected chi connectivity index (χ0v) is 9.58. The molecule has 0 aliphatic rings. The molecule has 0 amide bonds.